The number of ether oxygens (including phenoxy) is 2. The molecule has 1 amide bonds. The molecule has 0 radical (unpaired) electrons. The van der Waals surface area contributed by atoms with Crippen LogP contribution in [0.2, 0.25) is 5.02 Å². The number of hydrogen-bond donors (Lipinski definition) is 0. The van der Waals surface area contributed by atoms with Gasteiger partial charge in [0.05, 0.1) is 23.1 Å². The van der Waals surface area contributed by atoms with Gasteiger partial charge < -0.3 is 19.3 Å². The van der Waals surface area contributed by atoms with Gasteiger partial charge in [-0.2, -0.15) is 0 Å². The lowest BCUT2D eigenvalue weighted by Crippen LogP contribution is -2.45. The van der Waals surface area contributed by atoms with Gasteiger partial charge in [0.1, 0.15) is 5.75 Å². The number of para-hydroxylation sites is 1. The van der Waals surface area contributed by atoms with Crippen molar-refractivity contribution in [1.82, 2.24) is 4.90 Å². The third kappa shape index (κ3) is 4.91. The van der Waals surface area contributed by atoms with Crippen LogP contribution in [-0.4, -0.2) is 57.2 Å². The number of rotatable bonds is 6. The van der Waals surface area contributed by atoms with Crippen molar-refractivity contribution in [1.29, 1.82) is 0 Å². The van der Waals surface area contributed by atoms with Crippen LogP contribution >= 0.6 is 23.4 Å². The number of benzene rings is 2. The van der Waals surface area contributed by atoms with E-state index in [0.717, 1.165) is 10.5 Å². The molecule has 0 bridgehead atoms. The van der Waals surface area contributed by atoms with Crippen molar-refractivity contribution in [3.05, 3.63) is 53.1 Å². The molecule has 1 aliphatic heterocycles. The highest BCUT2D eigenvalue weighted by atomic mass is 35.5. The average molecular weight is 449 g/mol. The van der Waals surface area contributed by atoms with Crippen molar-refractivity contribution < 1.29 is 19.1 Å². The Balaban J connectivity index is 2.11. The van der Waals surface area contributed by atoms with Crippen LogP contribution in [-0.2, 0) is 14.3 Å². The van der Waals surface area contributed by atoms with E-state index in [4.69, 9.17) is 21.1 Å². The fourth-order valence-electron chi connectivity index (χ4n) is 3.29. The first-order valence-electron chi connectivity index (χ1n) is 9.54. The zero-order valence-electron chi connectivity index (χ0n) is 17.4. The molecular formula is C22H25ClN2O4S. The minimum absolute atomic E-state index is 0.285. The summed E-state index contributed by atoms with van der Waals surface area (Å²) in [5.74, 6) is -0.0759. The highest BCUT2D eigenvalue weighted by Gasteiger charge is 2.41. The summed E-state index contributed by atoms with van der Waals surface area (Å²) in [6.45, 7) is 2.38. The molecule has 2 aromatic carbocycles. The maximum Gasteiger partial charge on any atom is 0.303 e. The molecular weight excluding hydrogens is 424 g/mol. The second-order valence-corrected chi connectivity index (χ2v) is 8.81. The summed E-state index contributed by atoms with van der Waals surface area (Å²) in [6.07, 6.45) is -0.980. The first kappa shape index (κ1) is 22.5. The quantitative estimate of drug-likeness (QED) is 0.622. The lowest BCUT2D eigenvalue weighted by Gasteiger charge is -2.28. The molecule has 0 saturated heterocycles. The second-order valence-electron chi connectivity index (χ2n) is 7.22. The summed E-state index contributed by atoms with van der Waals surface area (Å²) < 4.78 is 10.8. The molecule has 2 unspecified atom stereocenters. The third-order valence-corrected chi connectivity index (χ3v) is 6.43. The van der Waals surface area contributed by atoms with Gasteiger partial charge in [-0.15, -0.1) is 11.8 Å². The fourth-order valence-corrected chi connectivity index (χ4v) is 4.98. The number of amides is 1. The summed E-state index contributed by atoms with van der Waals surface area (Å²) >= 11 is 8.00. The fraction of sp³-hybridized carbons (Fsp3) is 0.364. The SMILES string of the molecule is COc1ccc(C2Sc3cccc(Cl)c3N(CCN(C)C)C(=O)C2OC(C)=O)cc1. The van der Waals surface area contributed by atoms with Crippen LogP contribution in [0.5, 0.6) is 5.75 Å². The number of carbonyl (C=O) groups is 2. The molecule has 8 heteroatoms. The minimum atomic E-state index is -0.980. The predicted molar refractivity (Wildman–Crippen MR) is 120 cm³/mol. The van der Waals surface area contributed by atoms with E-state index in [1.54, 1.807) is 18.1 Å². The zero-order chi connectivity index (χ0) is 21.8. The molecule has 0 aromatic heterocycles. The Morgan fingerprint density at radius 1 is 1.20 bits per heavy atom. The molecule has 3 rings (SSSR count). The molecule has 0 N–H and O–H groups in total. The van der Waals surface area contributed by atoms with Gasteiger partial charge in [0.2, 0.25) is 0 Å². The molecule has 2 aromatic rings. The Morgan fingerprint density at radius 3 is 2.50 bits per heavy atom. The van der Waals surface area contributed by atoms with Gasteiger partial charge in [0, 0.05) is 24.9 Å². The molecule has 1 aliphatic rings. The van der Waals surface area contributed by atoms with E-state index in [9.17, 15) is 9.59 Å². The standard InChI is InChI=1S/C22H25ClN2O4S/c1-14(26)29-20-21(15-8-10-16(28-4)11-9-15)30-18-7-5-6-17(23)19(18)25(22(20)27)13-12-24(2)3/h5-11,20-21H,12-13H2,1-4H3. The van der Waals surface area contributed by atoms with E-state index in [0.29, 0.717) is 29.5 Å². The van der Waals surface area contributed by atoms with E-state index in [-0.39, 0.29) is 5.91 Å². The van der Waals surface area contributed by atoms with Crippen molar-refractivity contribution in [3.63, 3.8) is 0 Å². The molecule has 6 nitrogen and oxygen atoms in total. The van der Waals surface area contributed by atoms with Crippen molar-refractivity contribution in [2.45, 2.75) is 23.2 Å². The van der Waals surface area contributed by atoms with E-state index >= 15 is 0 Å². The van der Waals surface area contributed by atoms with Gasteiger partial charge in [0.15, 0.2) is 6.10 Å². The van der Waals surface area contributed by atoms with Crippen LogP contribution in [0.1, 0.15) is 17.7 Å². The van der Waals surface area contributed by atoms with Gasteiger partial charge in [-0.1, -0.05) is 29.8 Å². The van der Waals surface area contributed by atoms with Crippen LogP contribution in [0, 0.1) is 0 Å². The average Bonchev–Trinajstić information content (AvgIpc) is 2.82. The third-order valence-electron chi connectivity index (χ3n) is 4.77. The van der Waals surface area contributed by atoms with E-state index in [1.807, 2.05) is 55.4 Å². The molecule has 0 fully saturated rings. The smallest absolute Gasteiger partial charge is 0.303 e. The Labute approximate surface area is 186 Å². The van der Waals surface area contributed by atoms with Crippen molar-refractivity contribution in [2.75, 3.05) is 39.2 Å². The largest absolute Gasteiger partial charge is 0.497 e. The molecule has 0 saturated carbocycles. The molecule has 0 spiro atoms. The van der Waals surface area contributed by atoms with E-state index in [2.05, 4.69) is 0 Å². The van der Waals surface area contributed by atoms with Crippen LogP contribution < -0.4 is 9.64 Å². The Hall–Kier alpha value is -2.22. The highest BCUT2D eigenvalue weighted by Crippen LogP contribution is 2.49. The van der Waals surface area contributed by atoms with Crippen LogP contribution in [0.15, 0.2) is 47.4 Å². The molecule has 30 heavy (non-hydrogen) atoms. The number of methoxy groups -OCH3 is 1. The van der Waals surface area contributed by atoms with Crippen LogP contribution in [0.4, 0.5) is 5.69 Å². The van der Waals surface area contributed by atoms with Gasteiger partial charge >= 0.3 is 5.97 Å². The van der Waals surface area contributed by atoms with Crippen LogP contribution in [0.3, 0.4) is 0 Å². The van der Waals surface area contributed by atoms with Gasteiger partial charge in [-0.25, -0.2) is 0 Å². The van der Waals surface area contributed by atoms with Crippen molar-refractivity contribution in [3.8, 4) is 5.75 Å². The minimum Gasteiger partial charge on any atom is -0.497 e. The number of halogens is 1. The van der Waals surface area contributed by atoms with Crippen LogP contribution in [0.25, 0.3) is 0 Å². The van der Waals surface area contributed by atoms with E-state index in [1.165, 1.54) is 18.7 Å². The lowest BCUT2D eigenvalue weighted by atomic mass is 10.1. The maximum atomic E-state index is 13.6. The van der Waals surface area contributed by atoms with Crippen molar-refractivity contribution in [2.24, 2.45) is 0 Å². The monoisotopic (exact) mass is 448 g/mol. The second kappa shape index (κ2) is 9.73. The number of esters is 1. The molecule has 1 heterocycles. The first-order valence-corrected chi connectivity index (χ1v) is 10.8. The number of fused-ring (bicyclic) bond motifs is 1. The Kier molecular flexibility index (Phi) is 7.28. The maximum absolute atomic E-state index is 13.6. The van der Waals surface area contributed by atoms with Gasteiger partial charge in [-0.3, -0.25) is 9.59 Å². The Bertz CT molecular complexity index is 920. The number of thioether (sulfide) groups is 1. The van der Waals surface area contributed by atoms with Crippen molar-refractivity contribution >= 4 is 40.9 Å². The molecule has 2 atom stereocenters. The summed E-state index contributed by atoms with van der Waals surface area (Å²) in [7, 11) is 5.48. The normalized spacial score (nSPS) is 18.7. The number of anilines is 1. The lowest BCUT2D eigenvalue weighted by molar-refractivity contribution is -0.152. The summed E-state index contributed by atoms with van der Waals surface area (Å²) in [4.78, 5) is 30.0. The van der Waals surface area contributed by atoms with Gasteiger partial charge in [-0.05, 0) is 43.9 Å². The highest BCUT2D eigenvalue weighted by molar-refractivity contribution is 7.99. The number of carbonyl (C=O) groups excluding carboxylic acids is 2. The summed E-state index contributed by atoms with van der Waals surface area (Å²) in [5, 5.41) is 0.0675. The topological polar surface area (TPSA) is 59.1 Å². The molecule has 0 aliphatic carbocycles. The zero-order valence-corrected chi connectivity index (χ0v) is 19.0. The van der Waals surface area contributed by atoms with E-state index < -0.39 is 17.3 Å². The molecule has 160 valence electrons. The predicted octanol–water partition coefficient (Wildman–Crippen LogP) is 4.02. The first-order chi connectivity index (χ1) is 14.3. The number of likely N-dealkylation sites (N-methyl/N-ethyl adjacent to an activating group) is 1. The summed E-state index contributed by atoms with van der Waals surface area (Å²) in [5.41, 5.74) is 1.52. The Morgan fingerprint density at radius 2 is 1.90 bits per heavy atom. The number of nitrogens with zero attached hydrogens (tertiary/aromatic N) is 2. The number of hydrogen-bond acceptors (Lipinski definition) is 6. The van der Waals surface area contributed by atoms with Gasteiger partial charge in [0.25, 0.3) is 5.91 Å². The summed E-state index contributed by atoms with van der Waals surface area (Å²) in [6, 6.07) is 13.0.